The normalized spacial score (nSPS) is 13.9. The molecule has 0 spiro atoms. The molecule has 4 amide bonds. The minimum Gasteiger partial charge on any atom is -0.480 e. The lowest BCUT2D eigenvalue weighted by Crippen LogP contribution is -2.58. The van der Waals surface area contributed by atoms with Crippen LogP contribution in [0.3, 0.4) is 0 Å². The second kappa shape index (κ2) is 16.0. The highest BCUT2D eigenvalue weighted by Crippen LogP contribution is 2.09. The van der Waals surface area contributed by atoms with Gasteiger partial charge in [-0.25, -0.2) is 4.79 Å². The van der Waals surface area contributed by atoms with Crippen molar-refractivity contribution in [3.05, 3.63) is 71.8 Å². The number of nitrogens with one attached hydrogen (secondary N) is 3. The Labute approximate surface area is 234 Å². The Kier molecular flexibility index (Phi) is 12.8. The van der Waals surface area contributed by atoms with Gasteiger partial charge in [-0.1, -0.05) is 74.5 Å². The summed E-state index contributed by atoms with van der Waals surface area (Å²) in [5.74, 6) is -3.77. The number of carbonyl (C=O) groups is 5. The summed E-state index contributed by atoms with van der Waals surface area (Å²) in [6.07, 6.45) is 0.184. The van der Waals surface area contributed by atoms with Gasteiger partial charge in [0.1, 0.15) is 18.1 Å². The van der Waals surface area contributed by atoms with Crippen molar-refractivity contribution in [2.75, 3.05) is 0 Å². The van der Waals surface area contributed by atoms with Crippen LogP contribution in [0.1, 0.15) is 44.2 Å². The van der Waals surface area contributed by atoms with Gasteiger partial charge in [-0.15, -0.1) is 0 Å². The molecule has 2 aromatic carbocycles. The Morgan fingerprint density at radius 1 is 0.725 bits per heavy atom. The SMILES string of the molecule is CC(C)CC(N)C(=O)NC(CCC(N)=O)C(=O)NC(Cc1ccccc1)C(=O)NC(Cc1ccccc1)C(=O)O. The topological polar surface area (TPSA) is 194 Å². The van der Waals surface area contributed by atoms with E-state index in [0.29, 0.717) is 12.0 Å². The van der Waals surface area contributed by atoms with Gasteiger partial charge < -0.3 is 32.5 Å². The molecule has 0 aromatic heterocycles. The Hall–Kier alpha value is -4.25. The molecule has 0 aliphatic carbocycles. The summed E-state index contributed by atoms with van der Waals surface area (Å²) in [5.41, 5.74) is 12.7. The maximum atomic E-state index is 13.4. The lowest BCUT2D eigenvalue weighted by atomic mass is 10.0. The summed E-state index contributed by atoms with van der Waals surface area (Å²) < 4.78 is 0. The van der Waals surface area contributed by atoms with E-state index >= 15 is 0 Å². The zero-order valence-electron chi connectivity index (χ0n) is 22.8. The van der Waals surface area contributed by atoms with E-state index in [1.165, 1.54) is 0 Å². The lowest BCUT2D eigenvalue weighted by Gasteiger charge is -2.25. The van der Waals surface area contributed by atoms with Gasteiger partial charge in [0.25, 0.3) is 0 Å². The molecule has 0 radical (unpaired) electrons. The molecular weight excluding hydrogens is 514 g/mol. The van der Waals surface area contributed by atoms with Crippen molar-refractivity contribution in [1.29, 1.82) is 0 Å². The molecule has 0 fully saturated rings. The van der Waals surface area contributed by atoms with Crippen LogP contribution < -0.4 is 27.4 Å². The fourth-order valence-corrected chi connectivity index (χ4v) is 4.10. The molecule has 40 heavy (non-hydrogen) atoms. The van der Waals surface area contributed by atoms with Gasteiger partial charge in [0.2, 0.25) is 23.6 Å². The average Bonchev–Trinajstić information content (AvgIpc) is 2.90. The zero-order chi connectivity index (χ0) is 29.7. The highest BCUT2D eigenvalue weighted by atomic mass is 16.4. The van der Waals surface area contributed by atoms with Gasteiger partial charge in [-0.05, 0) is 29.9 Å². The van der Waals surface area contributed by atoms with Gasteiger partial charge in [-0.2, -0.15) is 0 Å². The molecule has 0 aliphatic heterocycles. The second-order valence-corrected chi connectivity index (χ2v) is 10.1. The van der Waals surface area contributed by atoms with E-state index in [1.54, 1.807) is 60.7 Å². The van der Waals surface area contributed by atoms with E-state index in [9.17, 15) is 29.1 Å². The van der Waals surface area contributed by atoms with Crippen molar-refractivity contribution in [2.24, 2.45) is 17.4 Å². The fourth-order valence-electron chi connectivity index (χ4n) is 4.10. The van der Waals surface area contributed by atoms with E-state index in [1.807, 2.05) is 13.8 Å². The van der Waals surface area contributed by atoms with Gasteiger partial charge >= 0.3 is 5.97 Å². The minimum atomic E-state index is -1.25. The van der Waals surface area contributed by atoms with Crippen LogP contribution >= 0.6 is 0 Å². The number of rotatable bonds is 16. The number of amides is 4. The first-order valence-corrected chi connectivity index (χ1v) is 13.2. The molecule has 2 aromatic rings. The Balaban J connectivity index is 2.25. The summed E-state index contributed by atoms with van der Waals surface area (Å²) in [6, 6.07) is 13.2. The average molecular weight is 554 g/mol. The predicted octanol–water partition coefficient (Wildman–Crippen LogP) is 0.650. The largest absolute Gasteiger partial charge is 0.480 e. The van der Waals surface area contributed by atoms with Crippen LogP contribution in [0.2, 0.25) is 0 Å². The third kappa shape index (κ3) is 11.2. The molecule has 0 saturated carbocycles. The lowest BCUT2D eigenvalue weighted by molar-refractivity contribution is -0.142. The van der Waals surface area contributed by atoms with Crippen molar-refractivity contribution >= 4 is 29.6 Å². The molecule has 0 heterocycles. The predicted molar refractivity (Wildman–Crippen MR) is 150 cm³/mol. The summed E-state index contributed by atoms with van der Waals surface area (Å²) in [7, 11) is 0. The van der Waals surface area contributed by atoms with Crippen LogP contribution in [0.25, 0.3) is 0 Å². The van der Waals surface area contributed by atoms with Crippen LogP contribution in [-0.4, -0.2) is 58.9 Å². The van der Waals surface area contributed by atoms with Crippen molar-refractivity contribution < 1.29 is 29.1 Å². The highest BCUT2D eigenvalue weighted by molar-refractivity contribution is 5.94. The van der Waals surface area contributed by atoms with Crippen molar-refractivity contribution in [2.45, 2.75) is 70.1 Å². The molecule has 11 nitrogen and oxygen atoms in total. The number of carboxylic acid groups (broad SMARTS) is 1. The monoisotopic (exact) mass is 553 g/mol. The first-order chi connectivity index (χ1) is 19.0. The summed E-state index contributed by atoms with van der Waals surface area (Å²) in [6.45, 7) is 3.80. The number of hydrogen-bond acceptors (Lipinski definition) is 6. The second-order valence-electron chi connectivity index (χ2n) is 10.1. The molecule has 0 saturated heterocycles. The molecule has 4 atom stereocenters. The van der Waals surface area contributed by atoms with Crippen LogP contribution in [0, 0.1) is 5.92 Å². The Morgan fingerprint density at radius 2 is 1.18 bits per heavy atom. The molecule has 11 heteroatoms. The molecule has 2 rings (SSSR count). The minimum absolute atomic E-state index is 0.0406. The third-order valence-corrected chi connectivity index (χ3v) is 6.19. The van der Waals surface area contributed by atoms with Gasteiger partial charge in [0.05, 0.1) is 6.04 Å². The van der Waals surface area contributed by atoms with E-state index < -0.39 is 53.8 Å². The fraction of sp³-hybridized carbons (Fsp3) is 0.414. The first-order valence-electron chi connectivity index (χ1n) is 13.2. The molecule has 216 valence electrons. The molecule has 0 bridgehead atoms. The first kappa shape index (κ1) is 32.0. The van der Waals surface area contributed by atoms with Crippen LogP contribution in [0.4, 0.5) is 0 Å². The van der Waals surface area contributed by atoms with E-state index in [0.717, 1.165) is 5.56 Å². The maximum absolute atomic E-state index is 13.4. The quantitative estimate of drug-likeness (QED) is 0.176. The van der Waals surface area contributed by atoms with E-state index in [2.05, 4.69) is 16.0 Å². The Morgan fingerprint density at radius 3 is 1.65 bits per heavy atom. The number of aliphatic carboxylic acids is 1. The molecule has 0 aliphatic rings. The maximum Gasteiger partial charge on any atom is 0.326 e. The summed E-state index contributed by atoms with van der Waals surface area (Å²) in [4.78, 5) is 62.7. The summed E-state index contributed by atoms with van der Waals surface area (Å²) >= 11 is 0. The smallest absolute Gasteiger partial charge is 0.326 e. The third-order valence-electron chi connectivity index (χ3n) is 6.19. The molecule has 8 N–H and O–H groups in total. The van der Waals surface area contributed by atoms with Gasteiger partial charge in [-0.3, -0.25) is 19.2 Å². The highest BCUT2D eigenvalue weighted by Gasteiger charge is 2.31. The van der Waals surface area contributed by atoms with Crippen LogP contribution in [0.5, 0.6) is 0 Å². The number of nitrogens with two attached hydrogens (primary N) is 2. The van der Waals surface area contributed by atoms with E-state index in [-0.39, 0.29) is 31.6 Å². The number of hydrogen-bond donors (Lipinski definition) is 6. The van der Waals surface area contributed by atoms with Crippen molar-refractivity contribution in [3.8, 4) is 0 Å². The standard InChI is InChI=1S/C29H39N5O6/c1-18(2)15-21(30)26(36)32-22(13-14-25(31)35)27(37)33-23(16-19-9-5-3-6-10-19)28(38)34-24(29(39)40)17-20-11-7-4-8-12-20/h3-12,18,21-24H,13-17,30H2,1-2H3,(H2,31,35)(H,32,36)(H,33,37)(H,34,38)(H,39,40). The molecule has 4 unspecified atom stereocenters. The number of carboxylic acids is 1. The van der Waals surface area contributed by atoms with Gasteiger partial charge in [0, 0.05) is 19.3 Å². The molecular formula is C29H39N5O6. The number of benzene rings is 2. The van der Waals surface area contributed by atoms with Gasteiger partial charge in [0.15, 0.2) is 0 Å². The zero-order valence-corrected chi connectivity index (χ0v) is 22.8. The van der Waals surface area contributed by atoms with Crippen LogP contribution in [0.15, 0.2) is 60.7 Å². The number of primary amides is 1. The van der Waals surface area contributed by atoms with Crippen molar-refractivity contribution in [3.63, 3.8) is 0 Å². The number of carbonyl (C=O) groups excluding carboxylic acids is 4. The van der Waals surface area contributed by atoms with Crippen molar-refractivity contribution in [1.82, 2.24) is 16.0 Å². The van der Waals surface area contributed by atoms with Crippen LogP contribution in [-0.2, 0) is 36.8 Å². The Bertz CT molecular complexity index is 1140. The van der Waals surface area contributed by atoms with E-state index in [4.69, 9.17) is 11.5 Å². The summed E-state index contributed by atoms with van der Waals surface area (Å²) in [5, 5.41) is 17.5.